The number of hydrogen-bond donors (Lipinski definition) is 0. The Hall–Kier alpha value is -3.94. The van der Waals surface area contributed by atoms with E-state index in [0.29, 0.717) is 43.3 Å². The predicted octanol–water partition coefficient (Wildman–Crippen LogP) is 3.26. The molecule has 4 aromatic rings. The van der Waals surface area contributed by atoms with Gasteiger partial charge in [0.05, 0.1) is 12.8 Å². The SMILES string of the molecule is COc1cccc2cc(C(=O)N3CCN(c4ccc(-c5ccccn5)nn4)CC3)oc12. The number of rotatable bonds is 4. The molecule has 0 bridgehead atoms. The van der Waals surface area contributed by atoms with Gasteiger partial charge < -0.3 is 19.0 Å². The van der Waals surface area contributed by atoms with Gasteiger partial charge >= 0.3 is 0 Å². The molecule has 1 aliphatic rings. The summed E-state index contributed by atoms with van der Waals surface area (Å²) in [6.07, 6.45) is 1.74. The molecule has 1 fully saturated rings. The highest BCUT2D eigenvalue weighted by Crippen LogP contribution is 2.29. The maximum atomic E-state index is 13.0. The van der Waals surface area contributed by atoms with Gasteiger partial charge in [0.1, 0.15) is 5.69 Å². The van der Waals surface area contributed by atoms with E-state index < -0.39 is 0 Å². The Morgan fingerprint density at radius 3 is 2.55 bits per heavy atom. The number of methoxy groups -OCH3 is 1. The molecule has 8 nitrogen and oxygen atoms in total. The van der Waals surface area contributed by atoms with Crippen molar-refractivity contribution in [2.24, 2.45) is 0 Å². The number of piperazine rings is 1. The van der Waals surface area contributed by atoms with Crippen LogP contribution in [0.2, 0.25) is 0 Å². The minimum atomic E-state index is -0.116. The number of carbonyl (C=O) groups is 1. The number of carbonyl (C=O) groups excluding carboxylic acids is 1. The molecule has 3 aromatic heterocycles. The van der Waals surface area contributed by atoms with Crippen molar-refractivity contribution >= 4 is 22.7 Å². The lowest BCUT2D eigenvalue weighted by atomic mass is 10.2. The minimum Gasteiger partial charge on any atom is -0.493 e. The van der Waals surface area contributed by atoms with Crippen LogP contribution < -0.4 is 9.64 Å². The number of pyridine rings is 1. The van der Waals surface area contributed by atoms with Gasteiger partial charge in [-0.15, -0.1) is 10.2 Å². The number of fused-ring (bicyclic) bond motifs is 1. The molecule has 1 amide bonds. The summed E-state index contributed by atoms with van der Waals surface area (Å²) in [5.74, 6) is 1.62. The van der Waals surface area contributed by atoms with Crippen molar-refractivity contribution in [3.05, 3.63) is 66.6 Å². The van der Waals surface area contributed by atoms with Crippen molar-refractivity contribution in [2.75, 3.05) is 38.2 Å². The first-order valence-electron chi connectivity index (χ1n) is 10.1. The van der Waals surface area contributed by atoms with E-state index in [1.807, 2.05) is 48.5 Å². The average Bonchev–Trinajstić information content (AvgIpc) is 3.29. The van der Waals surface area contributed by atoms with Crippen LogP contribution in [0.3, 0.4) is 0 Å². The lowest BCUT2D eigenvalue weighted by Gasteiger charge is -2.34. The van der Waals surface area contributed by atoms with Crippen LogP contribution in [-0.4, -0.2) is 59.3 Å². The molecule has 0 N–H and O–H groups in total. The molecule has 1 aliphatic heterocycles. The molecule has 4 heterocycles. The monoisotopic (exact) mass is 415 g/mol. The van der Waals surface area contributed by atoms with Crippen molar-refractivity contribution < 1.29 is 13.9 Å². The first-order chi connectivity index (χ1) is 15.2. The van der Waals surface area contributed by atoms with Crippen molar-refractivity contribution in [2.45, 2.75) is 0 Å². The lowest BCUT2D eigenvalue weighted by Crippen LogP contribution is -2.49. The predicted molar refractivity (Wildman–Crippen MR) is 116 cm³/mol. The smallest absolute Gasteiger partial charge is 0.289 e. The van der Waals surface area contributed by atoms with Crippen LogP contribution in [0.15, 0.2) is 65.2 Å². The number of nitrogens with zero attached hydrogens (tertiary/aromatic N) is 5. The Morgan fingerprint density at radius 1 is 0.968 bits per heavy atom. The standard InChI is InChI=1S/C23H21N5O3/c1-30-19-7-4-5-16-15-20(31-22(16)19)23(29)28-13-11-27(12-14-28)21-9-8-18(25-26-21)17-6-2-3-10-24-17/h2-10,15H,11-14H2,1H3. The van der Waals surface area contributed by atoms with Crippen LogP contribution >= 0.6 is 0 Å². The summed E-state index contributed by atoms with van der Waals surface area (Å²) in [5, 5.41) is 9.51. The maximum Gasteiger partial charge on any atom is 0.289 e. The highest BCUT2D eigenvalue weighted by atomic mass is 16.5. The van der Waals surface area contributed by atoms with Gasteiger partial charge in [-0.2, -0.15) is 0 Å². The van der Waals surface area contributed by atoms with Crippen molar-refractivity contribution in [3.8, 4) is 17.1 Å². The second kappa shape index (κ2) is 8.06. The van der Waals surface area contributed by atoms with Crippen LogP contribution in [0.5, 0.6) is 5.75 Å². The quantitative estimate of drug-likeness (QED) is 0.506. The van der Waals surface area contributed by atoms with Gasteiger partial charge in [-0.1, -0.05) is 18.2 Å². The van der Waals surface area contributed by atoms with Crippen LogP contribution in [0.1, 0.15) is 10.6 Å². The zero-order valence-electron chi connectivity index (χ0n) is 17.1. The number of hydrogen-bond acceptors (Lipinski definition) is 7. The largest absolute Gasteiger partial charge is 0.493 e. The molecular formula is C23H21N5O3. The van der Waals surface area contributed by atoms with Gasteiger partial charge in [-0.25, -0.2) is 0 Å². The van der Waals surface area contributed by atoms with E-state index in [1.54, 1.807) is 24.3 Å². The van der Waals surface area contributed by atoms with Gasteiger partial charge in [-0.3, -0.25) is 9.78 Å². The van der Waals surface area contributed by atoms with E-state index >= 15 is 0 Å². The second-order valence-electron chi connectivity index (χ2n) is 7.26. The highest BCUT2D eigenvalue weighted by molar-refractivity contribution is 5.97. The third-order valence-electron chi connectivity index (χ3n) is 5.41. The Labute approximate surface area is 179 Å². The van der Waals surface area contributed by atoms with Crippen LogP contribution in [0.4, 0.5) is 5.82 Å². The van der Waals surface area contributed by atoms with E-state index in [4.69, 9.17) is 9.15 Å². The Balaban J connectivity index is 1.25. The molecule has 1 aromatic carbocycles. The highest BCUT2D eigenvalue weighted by Gasteiger charge is 2.26. The number of anilines is 1. The molecule has 0 atom stereocenters. The summed E-state index contributed by atoms with van der Waals surface area (Å²) in [7, 11) is 1.59. The Morgan fingerprint density at radius 2 is 1.84 bits per heavy atom. The fraction of sp³-hybridized carbons (Fsp3) is 0.217. The zero-order valence-corrected chi connectivity index (χ0v) is 17.1. The van der Waals surface area contributed by atoms with E-state index in [2.05, 4.69) is 20.1 Å². The summed E-state index contributed by atoms with van der Waals surface area (Å²) >= 11 is 0. The lowest BCUT2D eigenvalue weighted by molar-refractivity contribution is 0.0716. The van der Waals surface area contributed by atoms with E-state index in [1.165, 1.54) is 0 Å². The van der Waals surface area contributed by atoms with Crippen LogP contribution in [0, 0.1) is 0 Å². The Kier molecular flexibility index (Phi) is 4.95. The molecule has 8 heteroatoms. The van der Waals surface area contributed by atoms with E-state index in [-0.39, 0.29) is 5.91 Å². The zero-order chi connectivity index (χ0) is 21.2. The first-order valence-corrected chi connectivity index (χ1v) is 10.1. The molecule has 0 radical (unpaired) electrons. The van der Waals surface area contributed by atoms with Gasteiger partial charge in [0.25, 0.3) is 5.91 Å². The number of ether oxygens (including phenoxy) is 1. The molecule has 0 spiro atoms. The van der Waals surface area contributed by atoms with Crippen molar-refractivity contribution in [1.82, 2.24) is 20.1 Å². The molecule has 156 valence electrons. The van der Waals surface area contributed by atoms with E-state index in [9.17, 15) is 4.79 Å². The molecule has 1 saturated heterocycles. The van der Waals surface area contributed by atoms with Gasteiger partial charge in [0.2, 0.25) is 0 Å². The summed E-state index contributed by atoms with van der Waals surface area (Å²) in [6, 6.07) is 16.9. The fourth-order valence-corrected chi connectivity index (χ4v) is 3.74. The number of amides is 1. The molecule has 0 aliphatic carbocycles. The summed E-state index contributed by atoms with van der Waals surface area (Å²) in [6.45, 7) is 2.51. The number of para-hydroxylation sites is 1. The number of aromatic nitrogens is 3. The third kappa shape index (κ3) is 3.68. The van der Waals surface area contributed by atoms with Gasteiger partial charge in [0, 0.05) is 37.8 Å². The summed E-state index contributed by atoms with van der Waals surface area (Å²) in [4.78, 5) is 21.2. The Bertz CT molecular complexity index is 1200. The third-order valence-corrected chi connectivity index (χ3v) is 5.41. The topological polar surface area (TPSA) is 84.6 Å². The van der Waals surface area contributed by atoms with E-state index in [0.717, 1.165) is 22.6 Å². The minimum absolute atomic E-state index is 0.116. The van der Waals surface area contributed by atoms with Crippen molar-refractivity contribution in [1.29, 1.82) is 0 Å². The first kappa shape index (κ1) is 19.0. The van der Waals surface area contributed by atoms with Gasteiger partial charge in [0.15, 0.2) is 22.9 Å². The fourth-order valence-electron chi connectivity index (χ4n) is 3.74. The average molecular weight is 415 g/mol. The number of benzene rings is 1. The summed E-state index contributed by atoms with van der Waals surface area (Å²) in [5.41, 5.74) is 2.12. The molecule has 0 saturated carbocycles. The maximum absolute atomic E-state index is 13.0. The van der Waals surface area contributed by atoms with Gasteiger partial charge in [-0.05, 0) is 36.4 Å². The molecule has 5 rings (SSSR count). The number of furan rings is 1. The van der Waals surface area contributed by atoms with Crippen LogP contribution in [0.25, 0.3) is 22.4 Å². The normalized spacial score (nSPS) is 14.1. The van der Waals surface area contributed by atoms with Crippen LogP contribution in [-0.2, 0) is 0 Å². The summed E-state index contributed by atoms with van der Waals surface area (Å²) < 4.78 is 11.1. The second-order valence-corrected chi connectivity index (χ2v) is 7.26. The molecule has 31 heavy (non-hydrogen) atoms. The van der Waals surface area contributed by atoms with Crippen molar-refractivity contribution in [3.63, 3.8) is 0 Å². The molecule has 0 unspecified atom stereocenters. The molecular weight excluding hydrogens is 394 g/mol.